The predicted molar refractivity (Wildman–Crippen MR) is 144 cm³/mol. The van der Waals surface area contributed by atoms with E-state index in [1.807, 2.05) is 0 Å². The maximum absolute atomic E-state index is 13.4. The van der Waals surface area contributed by atoms with E-state index in [0.717, 1.165) is 18.2 Å². The summed E-state index contributed by atoms with van der Waals surface area (Å²) in [6.45, 7) is -0.893. The summed E-state index contributed by atoms with van der Waals surface area (Å²) in [6.07, 6.45) is 0.187. The molecule has 1 aromatic rings. The number of nitro groups is 1. The van der Waals surface area contributed by atoms with Gasteiger partial charge in [0.1, 0.15) is 29.7 Å². The van der Waals surface area contributed by atoms with Crippen LogP contribution in [0, 0.1) is 10.1 Å². The molecular formula is C25H34N6O11. The molecule has 1 aliphatic rings. The number of benzene rings is 1. The number of carboxylic acid groups (broad SMARTS) is 2. The lowest BCUT2D eigenvalue weighted by Crippen LogP contribution is -2.62. The Labute approximate surface area is 239 Å². The highest BCUT2D eigenvalue weighted by Crippen LogP contribution is 2.25. The van der Waals surface area contributed by atoms with Crippen LogP contribution in [0.25, 0.3) is 0 Å². The summed E-state index contributed by atoms with van der Waals surface area (Å²) in [5.41, 5.74) is 3.02. The third-order valence-electron chi connectivity index (χ3n) is 6.39. The summed E-state index contributed by atoms with van der Waals surface area (Å²) in [6, 6.07) is 0.411. The minimum absolute atomic E-state index is 0.0669. The minimum atomic E-state index is -1.72. The summed E-state index contributed by atoms with van der Waals surface area (Å²) in [5.74, 6) is -5.33. The molecule has 0 aromatic heterocycles. The third-order valence-corrected chi connectivity index (χ3v) is 6.39. The van der Waals surface area contributed by atoms with E-state index in [0.29, 0.717) is 25.7 Å². The molecule has 8 N–H and O–H groups in total. The van der Waals surface area contributed by atoms with Gasteiger partial charge in [0.2, 0.25) is 11.8 Å². The van der Waals surface area contributed by atoms with E-state index in [4.69, 9.17) is 20.7 Å². The number of hydrogen-bond donors (Lipinski definition) is 7. The molecule has 1 heterocycles. The van der Waals surface area contributed by atoms with E-state index < -0.39 is 70.9 Å². The van der Waals surface area contributed by atoms with Crippen LogP contribution in [0.1, 0.15) is 48.9 Å². The second-order valence-electron chi connectivity index (χ2n) is 9.60. The van der Waals surface area contributed by atoms with Crippen LogP contribution in [0.5, 0.6) is 5.75 Å². The molecule has 0 radical (unpaired) electrons. The first-order chi connectivity index (χ1) is 19.9. The lowest BCUT2D eigenvalue weighted by Gasteiger charge is -2.32. The van der Waals surface area contributed by atoms with E-state index in [1.54, 1.807) is 0 Å². The summed E-state index contributed by atoms with van der Waals surface area (Å²) >= 11 is 0. The molecule has 1 aromatic carbocycles. The molecule has 0 saturated heterocycles. The van der Waals surface area contributed by atoms with Crippen molar-refractivity contribution in [3.63, 3.8) is 0 Å². The summed E-state index contributed by atoms with van der Waals surface area (Å²) < 4.78 is 5.68. The molecule has 230 valence electrons. The fourth-order valence-electron chi connectivity index (χ4n) is 4.13. The minimum Gasteiger partial charge on any atom is -0.493 e. The molecule has 0 saturated carbocycles. The first-order valence-corrected chi connectivity index (χ1v) is 13.1. The fourth-order valence-corrected chi connectivity index (χ4v) is 4.13. The number of amides is 3. The Bertz CT molecular complexity index is 1190. The first kappa shape index (κ1) is 33.6. The van der Waals surface area contributed by atoms with Crippen molar-refractivity contribution < 1.29 is 48.6 Å². The highest BCUT2D eigenvalue weighted by molar-refractivity contribution is 6.01. The average molecular weight is 595 g/mol. The number of non-ortho nitro benzene ring substituents is 1. The van der Waals surface area contributed by atoms with Gasteiger partial charge < -0.3 is 46.7 Å². The van der Waals surface area contributed by atoms with Crippen molar-refractivity contribution in [2.75, 3.05) is 26.2 Å². The number of nitrogens with one attached hydrogen (secondary N) is 4. The van der Waals surface area contributed by atoms with Gasteiger partial charge in [-0.25, -0.2) is 0 Å². The number of fused-ring (bicyclic) bond motifs is 1. The molecule has 3 amide bonds. The van der Waals surface area contributed by atoms with Crippen molar-refractivity contribution in [2.24, 2.45) is 5.73 Å². The first-order valence-electron chi connectivity index (χ1n) is 13.1. The van der Waals surface area contributed by atoms with E-state index in [9.17, 15) is 38.9 Å². The molecule has 2 unspecified atom stereocenters. The van der Waals surface area contributed by atoms with Gasteiger partial charge >= 0.3 is 11.9 Å². The van der Waals surface area contributed by atoms with Crippen molar-refractivity contribution in [1.29, 1.82) is 0 Å². The maximum atomic E-state index is 13.4. The quantitative estimate of drug-likeness (QED) is 0.0605. The van der Waals surface area contributed by atoms with E-state index in [2.05, 4.69) is 21.3 Å². The van der Waals surface area contributed by atoms with Gasteiger partial charge in [-0.2, -0.15) is 0 Å². The van der Waals surface area contributed by atoms with Gasteiger partial charge in [-0.3, -0.25) is 34.1 Å². The van der Waals surface area contributed by atoms with Gasteiger partial charge in [0.15, 0.2) is 0 Å². The number of hydrogen-bond acceptors (Lipinski definition) is 11. The Morgan fingerprint density at radius 3 is 2.45 bits per heavy atom. The SMILES string of the molecule is NCCCCC1NC(=O)C(CCC(=O)O)NC(=O)c2cc([N+](=O)[O-])ccc2OCC[C@](C=O)(CNCC(=O)O)NC1=O. The largest absolute Gasteiger partial charge is 0.493 e. The molecule has 3 atom stereocenters. The third kappa shape index (κ3) is 10.1. The average Bonchev–Trinajstić information content (AvgIpc) is 2.93. The lowest BCUT2D eigenvalue weighted by atomic mass is 9.95. The van der Waals surface area contributed by atoms with Crippen molar-refractivity contribution >= 4 is 41.6 Å². The van der Waals surface area contributed by atoms with Crippen molar-refractivity contribution in [3.05, 3.63) is 33.9 Å². The molecule has 17 heteroatoms. The predicted octanol–water partition coefficient (Wildman–Crippen LogP) is -1.32. The van der Waals surface area contributed by atoms with Crippen LogP contribution in [-0.2, 0) is 24.0 Å². The smallest absolute Gasteiger partial charge is 0.317 e. The lowest BCUT2D eigenvalue weighted by molar-refractivity contribution is -0.384. The molecule has 1 aliphatic heterocycles. The molecule has 0 bridgehead atoms. The van der Waals surface area contributed by atoms with Crippen LogP contribution in [0.3, 0.4) is 0 Å². The van der Waals surface area contributed by atoms with Crippen LogP contribution in [0.4, 0.5) is 5.69 Å². The summed E-state index contributed by atoms with van der Waals surface area (Å²) in [7, 11) is 0. The van der Waals surface area contributed by atoms with Gasteiger partial charge in [0.25, 0.3) is 11.6 Å². The van der Waals surface area contributed by atoms with Crippen LogP contribution in [0.15, 0.2) is 18.2 Å². The number of nitrogens with two attached hydrogens (primary N) is 1. The van der Waals surface area contributed by atoms with Crippen molar-refractivity contribution in [1.82, 2.24) is 21.3 Å². The molecule has 2 rings (SSSR count). The number of ether oxygens (including phenoxy) is 1. The summed E-state index contributed by atoms with van der Waals surface area (Å²) in [5, 5.41) is 39.5. The van der Waals surface area contributed by atoms with Crippen LogP contribution in [-0.4, -0.2) is 94.9 Å². The number of aliphatic carboxylic acids is 2. The second kappa shape index (κ2) is 16.0. The topological polar surface area (TPSA) is 269 Å². The standard InChI is InChI=1S/C25H34N6O11/c26-9-2-1-3-17-24(39)30-25(14-32,13-27-12-21(35)36)8-10-42-19-6-4-15(31(40)41)11-16(19)22(37)28-18(23(38)29-17)5-7-20(33)34/h4,6,11,14,17-18,27H,1-3,5,7-10,12-13,26H2,(H,28,37)(H,29,38)(H,30,39)(H,33,34)(H,35,36)/t17?,18?,25-/m1/s1. The highest BCUT2D eigenvalue weighted by Gasteiger charge is 2.36. The fraction of sp³-hybridized carbons (Fsp3) is 0.520. The molecule has 42 heavy (non-hydrogen) atoms. The molecular weight excluding hydrogens is 560 g/mol. The number of carbonyl (C=O) groups excluding carboxylic acids is 4. The van der Waals surface area contributed by atoms with E-state index >= 15 is 0 Å². The number of carbonyl (C=O) groups is 6. The number of unbranched alkanes of at least 4 members (excludes halogenated alkanes) is 1. The van der Waals surface area contributed by atoms with Crippen molar-refractivity contribution in [3.8, 4) is 5.75 Å². The number of rotatable bonds is 13. The van der Waals surface area contributed by atoms with Gasteiger partial charge in [-0.05, 0) is 38.3 Å². The molecule has 0 fully saturated rings. The van der Waals surface area contributed by atoms with E-state index in [-0.39, 0.29) is 43.7 Å². The number of aldehydes is 1. The molecule has 0 spiro atoms. The Kier molecular flexibility index (Phi) is 12.8. The normalized spacial score (nSPS) is 21.4. The monoisotopic (exact) mass is 594 g/mol. The number of nitro benzene ring substituents is 1. The zero-order valence-corrected chi connectivity index (χ0v) is 22.6. The van der Waals surface area contributed by atoms with Gasteiger partial charge in [0, 0.05) is 31.5 Å². The number of nitrogens with zero attached hydrogens (tertiary/aromatic N) is 1. The molecule has 0 aliphatic carbocycles. The Balaban J connectivity index is 2.57. The Hall–Kier alpha value is -4.64. The molecule has 17 nitrogen and oxygen atoms in total. The van der Waals surface area contributed by atoms with Gasteiger partial charge in [-0.1, -0.05) is 0 Å². The Morgan fingerprint density at radius 1 is 1.12 bits per heavy atom. The zero-order valence-electron chi connectivity index (χ0n) is 22.6. The van der Waals surface area contributed by atoms with Crippen LogP contribution >= 0.6 is 0 Å². The maximum Gasteiger partial charge on any atom is 0.317 e. The van der Waals surface area contributed by atoms with Gasteiger partial charge in [-0.15, -0.1) is 0 Å². The Morgan fingerprint density at radius 2 is 1.83 bits per heavy atom. The van der Waals surface area contributed by atoms with Gasteiger partial charge in [0.05, 0.1) is 23.6 Å². The highest BCUT2D eigenvalue weighted by atomic mass is 16.6. The number of carboxylic acids is 2. The summed E-state index contributed by atoms with van der Waals surface area (Å²) in [4.78, 5) is 85.1. The van der Waals surface area contributed by atoms with Crippen LogP contribution in [0.2, 0.25) is 0 Å². The van der Waals surface area contributed by atoms with Crippen molar-refractivity contribution in [2.45, 2.75) is 56.1 Å². The van der Waals surface area contributed by atoms with E-state index in [1.165, 1.54) is 0 Å². The second-order valence-corrected chi connectivity index (χ2v) is 9.60. The van der Waals surface area contributed by atoms with Crippen LogP contribution < -0.4 is 31.7 Å². The zero-order chi connectivity index (χ0) is 31.3.